The van der Waals surface area contributed by atoms with Crippen LogP contribution in [0.2, 0.25) is 0 Å². The third-order valence-electron chi connectivity index (χ3n) is 13.9. The minimum absolute atomic E-state index is 0.673. The number of nitrogens with zero attached hydrogens (tertiary/aromatic N) is 5. The summed E-state index contributed by atoms with van der Waals surface area (Å²) in [5, 5.41) is 7.27. The molecule has 14 rings (SSSR count). The summed E-state index contributed by atoms with van der Waals surface area (Å²) in [5.41, 5.74) is 17.0. The molecule has 14 aromatic rings. The number of para-hydroxylation sites is 6. The van der Waals surface area contributed by atoms with Gasteiger partial charge in [-0.15, -0.1) is 0 Å². The Morgan fingerprint density at radius 1 is 0.261 bits per heavy atom. The van der Waals surface area contributed by atoms with Crippen LogP contribution in [0, 0.1) is 0 Å². The van der Waals surface area contributed by atoms with E-state index >= 15 is 0 Å². The van der Waals surface area contributed by atoms with Crippen molar-refractivity contribution in [3.8, 4) is 62.1 Å². The van der Waals surface area contributed by atoms with E-state index in [1.54, 1.807) is 0 Å². The van der Waals surface area contributed by atoms with E-state index in [2.05, 4.69) is 256 Å². The van der Waals surface area contributed by atoms with Crippen molar-refractivity contribution >= 4 is 65.4 Å². The highest BCUT2D eigenvalue weighted by atomic mass is 15.0. The lowest BCUT2D eigenvalue weighted by molar-refractivity contribution is 1.15. The van der Waals surface area contributed by atoms with Crippen LogP contribution in [-0.2, 0) is 0 Å². The van der Waals surface area contributed by atoms with E-state index in [4.69, 9.17) is 9.97 Å². The van der Waals surface area contributed by atoms with Gasteiger partial charge in [0, 0.05) is 65.8 Å². The number of rotatable bonds is 7. The van der Waals surface area contributed by atoms with Gasteiger partial charge >= 0.3 is 0 Å². The first-order valence-electron chi connectivity index (χ1n) is 23.5. The van der Waals surface area contributed by atoms with E-state index in [1.807, 2.05) is 6.07 Å². The zero-order valence-corrected chi connectivity index (χ0v) is 37.4. The molecule has 0 bridgehead atoms. The van der Waals surface area contributed by atoms with E-state index < -0.39 is 0 Å². The Hall–Kier alpha value is -9.32. The molecule has 0 radical (unpaired) electrons. The molecule has 0 amide bonds. The minimum atomic E-state index is 0.673. The molecule has 0 unspecified atom stereocenters. The van der Waals surface area contributed by atoms with Crippen molar-refractivity contribution in [3.05, 3.63) is 249 Å². The van der Waals surface area contributed by atoms with Gasteiger partial charge in [-0.05, 0) is 66.7 Å². The van der Waals surface area contributed by atoms with Crippen molar-refractivity contribution < 1.29 is 0 Å². The monoisotopic (exact) mass is 879 g/mol. The molecule has 0 aliphatic rings. The summed E-state index contributed by atoms with van der Waals surface area (Å²) in [4.78, 5) is 10.7. The summed E-state index contributed by atoms with van der Waals surface area (Å²) in [7, 11) is 0. The number of aromatic nitrogens is 5. The SMILES string of the molecule is c1ccc(-c2cc(-c3cccc(-n4c5ccccc5c5cc6c7ccccc7n(-c7ccccc7)c6cc54)c3-c3ccccc3-n3c4ccccc4c4ccccc43)nc(-c3ccccc3)n2)cc1. The van der Waals surface area contributed by atoms with Gasteiger partial charge in [-0.3, -0.25) is 0 Å². The highest BCUT2D eigenvalue weighted by Gasteiger charge is 2.25. The second-order valence-electron chi connectivity index (χ2n) is 17.7. The molecule has 4 aromatic heterocycles. The molecular weight excluding hydrogens is 839 g/mol. The summed E-state index contributed by atoms with van der Waals surface area (Å²) in [5.74, 6) is 0.673. The van der Waals surface area contributed by atoms with Crippen molar-refractivity contribution in [1.29, 1.82) is 0 Å². The summed E-state index contributed by atoms with van der Waals surface area (Å²) in [6.45, 7) is 0. The second kappa shape index (κ2) is 15.7. The Bertz CT molecular complexity index is 4180. The largest absolute Gasteiger partial charge is 0.309 e. The first-order chi connectivity index (χ1) is 34.3. The van der Waals surface area contributed by atoms with Gasteiger partial charge in [0.05, 0.1) is 55.9 Å². The molecule has 0 N–H and O–H groups in total. The fraction of sp³-hybridized carbons (Fsp3) is 0. The summed E-state index contributed by atoms with van der Waals surface area (Å²) in [6.07, 6.45) is 0. The van der Waals surface area contributed by atoms with Crippen molar-refractivity contribution in [1.82, 2.24) is 23.7 Å². The second-order valence-corrected chi connectivity index (χ2v) is 17.7. The molecule has 0 spiro atoms. The predicted molar refractivity (Wildman–Crippen MR) is 287 cm³/mol. The van der Waals surface area contributed by atoms with Crippen LogP contribution in [0.1, 0.15) is 0 Å². The van der Waals surface area contributed by atoms with Crippen molar-refractivity contribution in [2.45, 2.75) is 0 Å². The van der Waals surface area contributed by atoms with Crippen LogP contribution >= 0.6 is 0 Å². The Kier molecular flexibility index (Phi) is 8.83. The zero-order chi connectivity index (χ0) is 45.4. The van der Waals surface area contributed by atoms with Gasteiger partial charge in [-0.1, -0.05) is 182 Å². The number of benzene rings is 10. The van der Waals surface area contributed by atoms with Gasteiger partial charge in [-0.2, -0.15) is 0 Å². The molecule has 322 valence electrons. The quantitative estimate of drug-likeness (QED) is 0.160. The van der Waals surface area contributed by atoms with Crippen LogP contribution in [0.3, 0.4) is 0 Å². The third kappa shape index (κ3) is 6.11. The van der Waals surface area contributed by atoms with Gasteiger partial charge < -0.3 is 13.7 Å². The molecule has 0 aliphatic heterocycles. The van der Waals surface area contributed by atoms with Crippen LogP contribution in [-0.4, -0.2) is 23.7 Å². The van der Waals surface area contributed by atoms with Gasteiger partial charge in [0.2, 0.25) is 0 Å². The van der Waals surface area contributed by atoms with Crippen LogP contribution in [0.5, 0.6) is 0 Å². The molecule has 0 saturated carbocycles. The van der Waals surface area contributed by atoms with Crippen LogP contribution in [0.25, 0.3) is 128 Å². The fourth-order valence-electron chi connectivity index (χ4n) is 10.9. The zero-order valence-electron chi connectivity index (χ0n) is 37.4. The molecule has 0 fully saturated rings. The van der Waals surface area contributed by atoms with Crippen molar-refractivity contribution in [3.63, 3.8) is 0 Å². The first kappa shape index (κ1) is 38.9. The average molecular weight is 880 g/mol. The van der Waals surface area contributed by atoms with Crippen LogP contribution in [0.15, 0.2) is 249 Å². The molecule has 0 atom stereocenters. The van der Waals surface area contributed by atoms with Crippen molar-refractivity contribution in [2.75, 3.05) is 0 Å². The molecule has 10 aromatic carbocycles. The lowest BCUT2D eigenvalue weighted by Crippen LogP contribution is -2.04. The highest BCUT2D eigenvalue weighted by molar-refractivity contribution is 6.20. The van der Waals surface area contributed by atoms with E-state index in [-0.39, 0.29) is 0 Å². The third-order valence-corrected chi connectivity index (χ3v) is 13.9. The Labute approximate surface area is 398 Å². The Balaban J connectivity index is 1.13. The summed E-state index contributed by atoms with van der Waals surface area (Å²) < 4.78 is 7.35. The van der Waals surface area contributed by atoms with E-state index in [0.717, 1.165) is 83.9 Å². The Morgan fingerprint density at radius 2 is 0.696 bits per heavy atom. The molecule has 69 heavy (non-hydrogen) atoms. The van der Waals surface area contributed by atoms with Crippen LogP contribution in [0.4, 0.5) is 0 Å². The average Bonchev–Trinajstić information content (AvgIpc) is 4.06. The maximum absolute atomic E-state index is 5.50. The smallest absolute Gasteiger partial charge is 0.160 e. The molecule has 4 heterocycles. The Morgan fingerprint density at radius 3 is 1.32 bits per heavy atom. The molecular formula is C64H41N5. The lowest BCUT2D eigenvalue weighted by atomic mass is 9.93. The summed E-state index contributed by atoms with van der Waals surface area (Å²) >= 11 is 0. The number of fused-ring (bicyclic) bond motifs is 9. The van der Waals surface area contributed by atoms with Gasteiger partial charge in [0.25, 0.3) is 0 Å². The molecule has 0 saturated heterocycles. The highest BCUT2D eigenvalue weighted by Crippen LogP contribution is 2.46. The number of hydrogen-bond donors (Lipinski definition) is 0. The van der Waals surface area contributed by atoms with E-state index in [1.165, 1.54) is 37.8 Å². The lowest BCUT2D eigenvalue weighted by Gasteiger charge is -2.22. The van der Waals surface area contributed by atoms with Crippen molar-refractivity contribution in [2.24, 2.45) is 0 Å². The number of hydrogen-bond acceptors (Lipinski definition) is 2. The summed E-state index contributed by atoms with van der Waals surface area (Å²) in [6, 6.07) is 89.3. The topological polar surface area (TPSA) is 40.6 Å². The maximum Gasteiger partial charge on any atom is 0.160 e. The predicted octanol–water partition coefficient (Wildman–Crippen LogP) is 16.4. The van der Waals surface area contributed by atoms with E-state index in [9.17, 15) is 0 Å². The minimum Gasteiger partial charge on any atom is -0.309 e. The maximum atomic E-state index is 5.50. The van der Waals surface area contributed by atoms with Gasteiger partial charge in [0.15, 0.2) is 5.82 Å². The molecule has 0 aliphatic carbocycles. The fourth-order valence-corrected chi connectivity index (χ4v) is 10.9. The van der Waals surface area contributed by atoms with Gasteiger partial charge in [-0.25, -0.2) is 9.97 Å². The van der Waals surface area contributed by atoms with Gasteiger partial charge in [0.1, 0.15) is 0 Å². The standard InChI is InChI=1S/C64H41N5/c1-4-21-42(22-5-1)53-40-54(66-64(65-53)43-23-6-2-7-24-43)49-32-20-38-60(63(49)50-31-14-19-37-59(50)68-56-34-16-10-27-45(56)46-28-11-17-35-57(46)68)69-58-36-18-13-30-48(58)52-39-51-47-29-12-15-33-55(47)67(61(51)41-62(52)69)44-25-8-3-9-26-44/h1-41H. The molecule has 5 nitrogen and oxygen atoms in total. The normalized spacial score (nSPS) is 11.8. The van der Waals surface area contributed by atoms with Crippen LogP contribution < -0.4 is 0 Å². The van der Waals surface area contributed by atoms with E-state index in [0.29, 0.717) is 5.82 Å². The first-order valence-corrected chi connectivity index (χ1v) is 23.5. The molecule has 5 heteroatoms.